The Morgan fingerprint density at radius 3 is 2.89 bits per heavy atom. The van der Waals surface area contributed by atoms with E-state index in [1.807, 2.05) is 43.3 Å². The predicted octanol–water partition coefficient (Wildman–Crippen LogP) is 2.88. The third kappa shape index (κ3) is 6.13. The summed E-state index contributed by atoms with van der Waals surface area (Å²) in [4.78, 5) is 38.1. The maximum Gasteiger partial charge on any atom is 0.415 e. The van der Waals surface area contributed by atoms with Crippen molar-refractivity contribution in [3.05, 3.63) is 76.8 Å². The van der Waals surface area contributed by atoms with Crippen LogP contribution in [0.25, 0.3) is 22.5 Å². The van der Waals surface area contributed by atoms with E-state index >= 15 is 0 Å². The second kappa shape index (κ2) is 11.4. The first kappa shape index (κ1) is 25.3. The van der Waals surface area contributed by atoms with Gasteiger partial charge in [0.2, 0.25) is 5.88 Å². The summed E-state index contributed by atoms with van der Waals surface area (Å²) in [5, 5.41) is 3.41. The Labute approximate surface area is 218 Å². The van der Waals surface area contributed by atoms with E-state index < -0.39 is 11.7 Å². The van der Waals surface area contributed by atoms with Gasteiger partial charge in [-0.05, 0) is 49.7 Å². The van der Waals surface area contributed by atoms with Gasteiger partial charge in [-0.1, -0.05) is 24.3 Å². The van der Waals surface area contributed by atoms with Crippen molar-refractivity contribution in [2.24, 2.45) is 5.73 Å². The molecule has 0 aliphatic carbocycles. The maximum absolute atomic E-state index is 12.4. The first-order valence-corrected chi connectivity index (χ1v) is 12.3. The van der Waals surface area contributed by atoms with Gasteiger partial charge < -0.3 is 24.9 Å². The molecule has 2 atom stereocenters. The SMILES string of the molecule is C[C@@H](N)COc1cccc(-c2cccc(CNCC[C@H]3CN(c4ccc5ncc(=O)oc5n4)C(=O)O3)c2)n1. The number of anilines is 1. The number of cyclic esters (lactones) is 1. The van der Waals surface area contributed by atoms with Crippen molar-refractivity contribution in [1.82, 2.24) is 20.3 Å². The summed E-state index contributed by atoms with van der Waals surface area (Å²) in [7, 11) is 0. The third-order valence-corrected chi connectivity index (χ3v) is 5.90. The summed E-state index contributed by atoms with van der Waals surface area (Å²) in [6.45, 7) is 3.94. The number of hydrogen-bond donors (Lipinski definition) is 2. The number of carbonyl (C=O) groups is 1. The molecule has 1 aliphatic heterocycles. The lowest BCUT2D eigenvalue weighted by atomic mass is 10.1. The van der Waals surface area contributed by atoms with Crippen LogP contribution in [0.2, 0.25) is 0 Å². The zero-order valence-corrected chi connectivity index (χ0v) is 20.9. The maximum atomic E-state index is 12.4. The predicted molar refractivity (Wildman–Crippen MR) is 141 cm³/mol. The third-order valence-electron chi connectivity index (χ3n) is 5.90. The molecule has 0 saturated carbocycles. The molecule has 1 aliphatic rings. The number of amides is 1. The van der Waals surface area contributed by atoms with Gasteiger partial charge in [0.05, 0.1) is 12.2 Å². The molecule has 0 radical (unpaired) electrons. The molecule has 1 amide bonds. The monoisotopic (exact) mass is 516 g/mol. The van der Waals surface area contributed by atoms with E-state index in [9.17, 15) is 9.59 Å². The lowest BCUT2D eigenvalue weighted by Crippen LogP contribution is -2.26. The number of benzene rings is 1. The highest BCUT2D eigenvalue weighted by Crippen LogP contribution is 2.23. The first-order chi connectivity index (χ1) is 18.4. The van der Waals surface area contributed by atoms with Gasteiger partial charge in [-0.25, -0.2) is 19.6 Å². The van der Waals surface area contributed by atoms with Gasteiger partial charge in [-0.2, -0.15) is 4.98 Å². The van der Waals surface area contributed by atoms with Crippen LogP contribution in [0.5, 0.6) is 5.88 Å². The number of carbonyl (C=O) groups excluding carboxylic acids is 1. The number of aromatic nitrogens is 3. The molecule has 4 aromatic rings. The van der Waals surface area contributed by atoms with Crippen LogP contribution in [0.4, 0.5) is 10.6 Å². The van der Waals surface area contributed by atoms with Gasteiger partial charge in [0, 0.05) is 24.2 Å². The van der Waals surface area contributed by atoms with E-state index in [1.54, 1.807) is 12.1 Å². The largest absolute Gasteiger partial charge is 0.476 e. The minimum absolute atomic E-state index is 0.0669. The standard InChI is InChI=1S/C27H28N6O5/c1-17(28)16-36-24-7-3-6-21(31-24)19-5-2-4-18(12-19)13-29-11-10-20-15-33(27(35)37-20)23-9-8-22-26(32-23)38-25(34)14-30-22/h2-9,12,14,17,20,29H,10-11,13,15-16,28H2,1H3/t17-,20+/m1/s1. The Hall–Kier alpha value is -4.35. The van der Waals surface area contributed by atoms with Crippen LogP contribution in [0.15, 0.2) is 70.0 Å². The van der Waals surface area contributed by atoms with Gasteiger partial charge in [-0.15, -0.1) is 0 Å². The van der Waals surface area contributed by atoms with Gasteiger partial charge in [0.25, 0.3) is 5.71 Å². The average Bonchev–Trinajstić information content (AvgIpc) is 3.30. The van der Waals surface area contributed by atoms with Crippen LogP contribution < -0.4 is 26.3 Å². The van der Waals surface area contributed by atoms with Crippen molar-refractivity contribution in [1.29, 1.82) is 0 Å². The summed E-state index contributed by atoms with van der Waals surface area (Å²) in [5.41, 5.74) is 8.60. The molecule has 0 spiro atoms. The highest BCUT2D eigenvalue weighted by atomic mass is 16.6. The molecule has 196 valence electrons. The van der Waals surface area contributed by atoms with E-state index in [2.05, 4.69) is 26.3 Å². The Bertz CT molecular complexity index is 1490. The molecule has 11 heteroatoms. The fraction of sp³-hybridized carbons (Fsp3) is 0.296. The highest BCUT2D eigenvalue weighted by molar-refractivity contribution is 5.89. The quantitative estimate of drug-likeness (QED) is 0.302. The van der Waals surface area contributed by atoms with Crippen molar-refractivity contribution in [3.63, 3.8) is 0 Å². The van der Waals surface area contributed by atoms with Crippen molar-refractivity contribution >= 4 is 23.1 Å². The Morgan fingerprint density at radius 2 is 2.03 bits per heavy atom. The smallest absolute Gasteiger partial charge is 0.415 e. The van der Waals surface area contributed by atoms with Gasteiger partial charge in [0.1, 0.15) is 30.2 Å². The number of ether oxygens (including phenoxy) is 2. The lowest BCUT2D eigenvalue weighted by molar-refractivity contribution is 0.136. The molecule has 38 heavy (non-hydrogen) atoms. The van der Waals surface area contributed by atoms with Gasteiger partial charge in [0.15, 0.2) is 0 Å². The van der Waals surface area contributed by atoms with Crippen molar-refractivity contribution < 1.29 is 18.7 Å². The molecule has 3 aromatic heterocycles. The van der Waals surface area contributed by atoms with Crippen LogP contribution in [0.3, 0.4) is 0 Å². The van der Waals surface area contributed by atoms with Gasteiger partial charge in [-0.3, -0.25) is 4.90 Å². The number of nitrogens with one attached hydrogen (secondary N) is 1. The van der Waals surface area contributed by atoms with Crippen molar-refractivity contribution in [2.75, 3.05) is 24.6 Å². The summed E-state index contributed by atoms with van der Waals surface area (Å²) in [6, 6.07) is 17.0. The normalized spacial score (nSPS) is 16.0. The Kier molecular flexibility index (Phi) is 7.57. The van der Waals surface area contributed by atoms with E-state index in [0.717, 1.165) is 23.0 Å². The van der Waals surface area contributed by atoms with E-state index in [1.165, 1.54) is 4.90 Å². The number of hydrogen-bond acceptors (Lipinski definition) is 10. The molecule has 11 nitrogen and oxygen atoms in total. The molecule has 1 fully saturated rings. The molecule has 1 saturated heterocycles. The minimum Gasteiger partial charge on any atom is -0.476 e. The number of nitrogens with zero attached hydrogens (tertiary/aromatic N) is 4. The van der Waals surface area contributed by atoms with E-state index in [4.69, 9.17) is 19.6 Å². The summed E-state index contributed by atoms with van der Waals surface area (Å²) < 4.78 is 16.2. The fourth-order valence-electron chi connectivity index (χ4n) is 4.06. The zero-order valence-electron chi connectivity index (χ0n) is 20.9. The fourth-order valence-corrected chi connectivity index (χ4v) is 4.06. The number of rotatable bonds is 10. The van der Waals surface area contributed by atoms with Crippen molar-refractivity contribution in [3.8, 4) is 17.1 Å². The molecule has 1 aromatic carbocycles. The Morgan fingerprint density at radius 1 is 1.16 bits per heavy atom. The summed E-state index contributed by atoms with van der Waals surface area (Å²) in [6.07, 6.45) is 0.942. The van der Waals surface area contributed by atoms with E-state index in [0.29, 0.717) is 49.9 Å². The Balaban J connectivity index is 1.13. The molecule has 3 N–H and O–H groups in total. The van der Waals surface area contributed by atoms with Crippen molar-refractivity contribution in [2.45, 2.75) is 32.0 Å². The summed E-state index contributed by atoms with van der Waals surface area (Å²) >= 11 is 0. The molecular formula is C27H28N6O5. The molecular weight excluding hydrogens is 488 g/mol. The van der Waals surface area contributed by atoms with Crippen LogP contribution in [-0.2, 0) is 11.3 Å². The minimum atomic E-state index is -0.600. The summed E-state index contributed by atoms with van der Waals surface area (Å²) in [5.74, 6) is 0.898. The zero-order chi connectivity index (χ0) is 26.5. The number of pyridine rings is 2. The molecule has 5 rings (SSSR count). The van der Waals surface area contributed by atoms with Gasteiger partial charge >= 0.3 is 11.7 Å². The average molecular weight is 517 g/mol. The van der Waals surface area contributed by atoms with Crippen LogP contribution in [0, 0.1) is 0 Å². The van der Waals surface area contributed by atoms with Crippen LogP contribution >= 0.6 is 0 Å². The number of nitrogens with two attached hydrogens (primary N) is 1. The molecule has 4 heterocycles. The second-order valence-electron chi connectivity index (χ2n) is 9.10. The molecule has 0 unspecified atom stereocenters. The van der Waals surface area contributed by atoms with E-state index in [-0.39, 0.29) is 17.9 Å². The first-order valence-electron chi connectivity index (χ1n) is 12.3. The lowest BCUT2D eigenvalue weighted by Gasteiger charge is -2.12. The van der Waals surface area contributed by atoms with Crippen LogP contribution in [0.1, 0.15) is 18.9 Å². The molecule has 0 bridgehead atoms. The number of fused-ring (bicyclic) bond motifs is 1. The second-order valence-corrected chi connectivity index (χ2v) is 9.10. The van der Waals surface area contributed by atoms with Crippen LogP contribution in [-0.4, -0.2) is 52.9 Å². The topological polar surface area (TPSA) is 146 Å². The highest BCUT2D eigenvalue weighted by Gasteiger charge is 2.33.